The van der Waals surface area contributed by atoms with Crippen LogP contribution in [-0.2, 0) is 31.6 Å². The first kappa shape index (κ1) is 46.2. The van der Waals surface area contributed by atoms with E-state index in [1.165, 1.54) is 0 Å². The van der Waals surface area contributed by atoms with Crippen LogP contribution in [0.3, 0.4) is 0 Å². The molecule has 1 saturated heterocycles. The maximum Gasteiger partial charge on any atom is 2.00 e. The van der Waals surface area contributed by atoms with Crippen LogP contribution in [0.1, 0.15) is 28.3 Å². The Morgan fingerprint density at radius 2 is 0.972 bits per heavy atom. The molecule has 0 radical (unpaired) electrons. The molecule has 0 aliphatic carbocycles. The zero-order chi connectivity index (χ0) is 48.4. The average molecular weight is 994 g/mol. The zero-order valence-corrected chi connectivity index (χ0v) is 40.9. The maximum atomic E-state index is 14.7. The molecular formula is C59H46N6NiO6. The number of hydrogen-bond donors (Lipinski definition) is 1. The summed E-state index contributed by atoms with van der Waals surface area (Å²) in [7, 11) is 8.61. The molecule has 5 aromatic carbocycles. The number of likely N-dealkylation sites (N-methyl/N-ethyl adjacent to an activating group) is 1. The number of fused-ring (bicyclic) bond motifs is 10. The fraction of sp³-hybridized carbons (Fsp3) is 0.136. The Balaban J connectivity index is 0.00000560. The van der Waals surface area contributed by atoms with Crippen LogP contribution >= 0.6 is 0 Å². The van der Waals surface area contributed by atoms with Gasteiger partial charge in [-0.2, -0.15) is 0 Å². The number of aromatic nitrogens is 4. The van der Waals surface area contributed by atoms with Crippen molar-refractivity contribution in [1.29, 1.82) is 0 Å². The Morgan fingerprint density at radius 3 is 1.43 bits per heavy atom. The Bertz CT molecular complexity index is 3660. The molecule has 4 aliphatic rings. The number of nitrogens with one attached hydrogen (secondary N) is 1. The van der Waals surface area contributed by atoms with E-state index in [4.69, 9.17) is 43.6 Å². The van der Waals surface area contributed by atoms with Crippen molar-refractivity contribution in [3.05, 3.63) is 174 Å². The summed E-state index contributed by atoms with van der Waals surface area (Å²) in [5.41, 5.74) is 13.0. The molecule has 8 bridgehead atoms. The number of methoxy groups -OCH3 is 4. The Kier molecular flexibility index (Phi) is 11.9. The van der Waals surface area contributed by atoms with Crippen LogP contribution in [-0.4, -0.2) is 69.0 Å². The van der Waals surface area contributed by atoms with E-state index >= 15 is 0 Å². The predicted octanol–water partition coefficient (Wildman–Crippen LogP) is 11.1. The number of carbonyl (C=O) groups excluding carboxylic acids is 1. The minimum atomic E-state index is -1.41. The fourth-order valence-electron chi connectivity index (χ4n) is 10.4. The van der Waals surface area contributed by atoms with Crippen molar-refractivity contribution in [2.45, 2.75) is 11.6 Å². The largest absolute Gasteiger partial charge is 2.00 e. The molecule has 1 N–H and O–H groups in total. The van der Waals surface area contributed by atoms with Crippen LogP contribution in [0.2, 0.25) is 0 Å². The first-order chi connectivity index (χ1) is 34.8. The number of ether oxygens (including phenoxy) is 5. The number of para-hydroxylation sites is 1. The number of nitrogens with zero attached hydrogens (tertiary/aromatic N) is 5. The van der Waals surface area contributed by atoms with E-state index in [-0.39, 0.29) is 29.1 Å². The summed E-state index contributed by atoms with van der Waals surface area (Å²) < 4.78 is 29.3. The van der Waals surface area contributed by atoms with Gasteiger partial charge in [0.05, 0.1) is 57.3 Å². The third-order valence-corrected chi connectivity index (χ3v) is 13.8. The number of carbonyl (C=O) groups is 1. The smallest absolute Gasteiger partial charge is 0.657 e. The van der Waals surface area contributed by atoms with E-state index in [1.54, 1.807) is 28.4 Å². The summed E-state index contributed by atoms with van der Waals surface area (Å²) in [5.74, 6) is 2.62. The van der Waals surface area contributed by atoms with Gasteiger partial charge < -0.3 is 39.0 Å². The molecule has 72 heavy (non-hydrogen) atoms. The molecule has 13 heteroatoms. The maximum absolute atomic E-state index is 14.7. The average Bonchev–Trinajstić information content (AvgIpc) is 4.30. The Labute approximate surface area is 425 Å². The van der Waals surface area contributed by atoms with Gasteiger partial charge in [-0.05, 0) is 124 Å². The summed E-state index contributed by atoms with van der Waals surface area (Å²) >= 11 is 0. The predicted molar refractivity (Wildman–Crippen MR) is 278 cm³/mol. The SMILES string of the molecule is COc1ccc(-c2c3nc(c(-c4ccc(OC)cc4)c4ccc([n-]4)c(-c4ccc(OC)cc4)c4nc(c(-c5ccc(OC)cc5)c5ccc2[n-]5)C=C4C2N(C)COC24C(=O)Nc2ccccc24)C=C3)cc1.[Ni+2]. The molecule has 2 unspecified atom stereocenters. The summed E-state index contributed by atoms with van der Waals surface area (Å²) in [4.78, 5) is 39.0. The van der Waals surface area contributed by atoms with E-state index in [2.05, 4.69) is 16.3 Å². The number of rotatable bonds is 9. The van der Waals surface area contributed by atoms with Crippen molar-refractivity contribution >= 4 is 57.5 Å². The van der Waals surface area contributed by atoms with Gasteiger partial charge in [-0.3, -0.25) is 9.69 Å². The van der Waals surface area contributed by atoms with E-state index in [1.807, 2.05) is 165 Å². The van der Waals surface area contributed by atoms with Gasteiger partial charge in [-0.25, -0.2) is 9.97 Å². The van der Waals surface area contributed by atoms with Gasteiger partial charge in [0.1, 0.15) is 29.7 Å². The molecule has 8 aromatic rings. The van der Waals surface area contributed by atoms with Gasteiger partial charge in [0, 0.05) is 16.8 Å². The molecular weight excluding hydrogens is 947 g/mol. The molecule has 12 rings (SSSR count). The molecule has 1 fully saturated rings. The van der Waals surface area contributed by atoms with Gasteiger partial charge in [-0.15, -0.1) is 22.1 Å². The van der Waals surface area contributed by atoms with Crippen molar-refractivity contribution in [2.75, 3.05) is 47.5 Å². The van der Waals surface area contributed by atoms with Crippen LogP contribution in [0, 0.1) is 0 Å². The molecule has 12 nitrogen and oxygen atoms in total. The number of benzene rings is 5. The standard InChI is InChI=1S/C59H47N6O6.Ni/c1-65-33-71-59(43-8-6-7-9-44(43)64-58(59)66)57(65)42-32-51-54(36-14-22-40(69-4)23-15-36)49-29-28-47(61-49)52(34-10-18-38(67-2)19-11-34)45-26-27-46(60-45)53(35-12-20-39(68-3)21-13-35)48-30-31-50(62-48)55(56(42)63-51)37-16-24-41(70-5)25-17-37;/h6-32,57H,33H2,1-5H3,(H2-,60,61,62,63,64,66);/q-1;+2/p-1. The van der Waals surface area contributed by atoms with Gasteiger partial charge in [0.15, 0.2) is 5.60 Å². The van der Waals surface area contributed by atoms with Crippen molar-refractivity contribution in [1.82, 2.24) is 24.8 Å². The zero-order valence-electron chi connectivity index (χ0n) is 39.9. The normalized spacial score (nSPS) is 16.8. The van der Waals surface area contributed by atoms with Crippen LogP contribution in [0.15, 0.2) is 146 Å². The molecule has 0 saturated carbocycles. The van der Waals surface area contributed by atoms with Crippen molar-refractivity contribution < 1.29 is 45.0 Å². The van der Waals surface area contributed by atoms with Gasteiger partial charge in [0.2, 0.25) is 0 Å². The molecule has 2 atom stereocenters. The van der Waals surface area contributed by atoms with Gasteiger partial charge in [0.25, 0.3) is 5.91 Å². The third kappa shape index (κ3) is 7.56. The second-order valence-corrected chi connectivity index (χ2v) is 17.7. The molecule has 7 heterocycles. The summed E-state index contributed by atoms with van der Waals surface area (Å²) in [6.45, 7) is 0.185. The van der Waals surface area contributed by atoms with Crippen LogP contribution < -0.4 is 34.2 Å². The molecule has 1 amide bonds. The summed E-state index contributed by atoms with van der Waals surface area (Å²) in [6.07, 6.45) is 6.19. The molecule has 358 valence electrons. The second-order valence-electron chi connectivity index (χ2n) is 17.7. The first-order valence-corrected chi connectivity index (χ1v) is 23.2. The Morgan fingerprint density at radius 1 is 0.556 bits per heavy atom. The quantitative estimate of drug-likeness (QED) is 0.139. The monoisotopic (exact) mass is 992 g/mol. The van der Waals surface area contributed by atoms with Crippen molar-refractivity contribution in [2.24, 2.45) is 0 Å². The van der Waals surface area contributed by atoms with Crippen LogP contribution in [0.4, 0.5) is 5.69 Å². The van der Waals surface area contributed by atoms with E-state index in [0.717, 1.165) is 78.5 Å². The van der Waals surface area contributed by atoms with Crippen molar-refractivity contribution in [3.63, 3.8) is 0 Å². The molecule has 4 aliphatic heterocycles. The third-order valence-electron chi connectivity index (χ3n) is 13.8. The number of amides is 1. The summed E-state index contributed by atoms with van der Waals surface area (Å²) in [6, 6.07) is 47.0. The minimum Gasteiger partial charge on any atom is -0.657 e. The van der Waals surface area contributed by atoms with Crippen molar-refractivity contribution in [3.8, 4) is 67.5 Å². The van der Waals surface area contributed by atoms with Crippen LogP contribution in [0.25, 0.3) is 90.4 Å². The van der Waals surface area contributed by atoms with E-state index in [0.29, 0.717) is 50.6 Å². The molecule has 3 aromatic heterocycles. The topological polar surface area (TPSA) is 132 Å². The number of anilines is 1. The Hall–Kier alpha value is -8.22. The second kappa shape index (κ2) is 18.5. The minimum absolute atomic E-state index is 0. The van der Waals surface area contributed by atoms with Crippen LogP contribution in [0.5, 0.6) is 23.0 Å². The van der Waals surface area contributed by atoms with E-state index < -0.39 is 11.6 Å². The van der Waals surface area contributed by atoms with Gasteiger partial charge >= 0.3 is 16.5 Å². The number of hydrogen-bond acceptors (Lipinski definition) is 9. The first-order valence-electron chi connectivity index (χ1n) is 23.2. The fourth-order valence-corrected chi connectivity index (χ4v) is 10.4. The summed E-state index contributed by atoms with van der Waals surface area (Å²) in [5, 5.41) is 3.15. The molecule has 1 spiro atoms. The van der Waals surface area contributed by atoms with Gasteiger partial charge in [-0.1, -0.05) is 91.0 Å². The van der Waals surface area contributed by atoms with E-state index in [9.17, 15) is 4.79 Å².